The van der Waals surface area contributed by atoms with Crippen LogP contribution in [0.15, 0.2) is 6.20 Å². The molecule has 3 N–H and O–H groups in total. The van der Waals surface area contributed by atoms with E-state index in [1.165, 1.54) is 37.8 Å². The summed E-state index contributed by atoms with van der Waals surface area (Å²) in [4.78, 5) is 23.4. The van der Waals surface area contributed by atoms with Gasteiger partial charge in [-0.05, 0) is 37.5 Å². The van der Waals surface area contributed by atoms with Crippen LogP contribution in [0.5, 0.6) is 0 Å². The molecule has 2 heterocycles. The van der Waals surface area contributed by atoms with E-state index < -0.39 is 12.1 Å². The molecule has 11 heteroatoms. The Bertz CT molecular complexity index is 757. The highest BCUT2D eigenvalue weighted by Gasteiger charge is 2.38. The number of carbonyl (C=O) groups is 2. The maximum Gasteiger partial charge on any atom is 0.490 e. The van der Waals surface area contributed by atoms with Crippen LogP contribution >= 0.6 is 0 Å². The highest BCUT2D eigenvalue weighted by Crippen LogP contribution is 2.31. The summed E-state index contributed by atoms with van der Waals surface area (Å²) in [5.41, 5.74) is 7.30. The molecule has 1 aliphatic carbocycles. The van der Waals surface area contributed by atoms with E-state index >= 15 is 0 Å². The number of aromatic nitrogens is 3. The molecule has 2 atom stereocenters. The van der Waals surface area contributed by atoms with E-state index in [1.54, 1.807) is 0 Å². The minimum atomic E-state index is -5.08. The molecule has 8 nitrogen and oxygen atoms in total. The molecular weight excluding hydrogens is 439 g/mol. The Labute approximate surface area is 192 Å². The van der Waals surface area contributed by atoms with Crippen molar-refractivity contribution >= 4 is 11.9 Å². The van der Waals surface area contributed by atoms with Crippen LogP contribution < -0.4 is 5.73 Å². The fourth-order valence-corrected chi connectivity index (χ4v) is 4.30. The Kier molecular flexibility index (Phi) is 10.1. The summed E-state index contributed by atoms with van der Waals surface area (Å²) < 4.78 is 33.8. The molecule has 0 radical (unpaired) electrons. The van der Waals surface area contributed by atoms with Crippen LogP contribution in [-0.2, 0) is 16.1 Å². The second-order valence-corrected chi connectivity index (χ2v) is 9.18. The second kappa shape index (κ2) is 12.3. The van der Waals surface area contributed by atoms with Crippen molar-refractivity contribution in [2.45, 2.75) is 89.9 Å². The summed E-state index contributed by atoms with van der Waals surface area (Å²) in [5.74, 6) is -1.21. The molecule has 0 unspecified atom stereocenters. The normalized spacial score (nSPS) is 20.0. The quantitative estimate of drug-likeness (QED) is 0.650. The summed E-state index contributed by atoms with van der Waals surface area (Å²) in [5, 5.41) is 15.9. The van der Waals surface area contributed by atoms with E-state index in [1.807, 2.05) is 9.58 Å². The van der Waals surface area contributed by atoms with Gasteiger partial charge in [-0.2, -0.15) is 13.2 Å². The Balaban J connectivity index is 0.000000479. The van der Waals surface area contributed by atoms with Crippen LogP contribution in [0.1, 0.15) is 76.8 Å². The lowest BCUT2D eigenvalue weighted by Gasteiger charge is -2.34. The molecular formula is C22H36F3N5O3. The van der Waals surface area contributed by atoms with Crippen molar-refractivity contribution in [3.63, 3.8) is 0 Å². The standard InChI is InChI=1S/C20H35N5O.C2HF3O2/c1-3-15(2)19(21)20(26)24-11-9-16(10-12-24)13-25-14-18(22-23-25)17-7-5-4-6-8-17;3-2(4,5)1(6)7/h14-17,19H,3-13,21H2,1-2H3;(H,6,7)/t15-,19-;/m0./s1. The van der Waals surface area contributed by atoms with Crippen molar-refractivity contribution in [3.8, 4) is 0 Å². The van der Waals surface area contributed by atoms with E-state index in [0.717, 1.165) is 38.9 Å². The number of rotatable bonds is 6. The zero-order valence-electron chi connectivity index (χ0n) is 19.4. The van der Waals surface area contributed by atoms with Crippen LogP contribution in [-0.4, -0.2) is 62.2 Å². The number of alkyl halides is 3. The van der Waals surface area contributed by atoms with Crippen molar-refractivity contribution in [1.29, 1.82) is 0 Å². The van der Waals surface area contributed by atoms with Gasteiger partial charge >= 0.3 is 12.1 Å². The van der Waals surface area contributed by atoms with Gasteiger partial charge in [0, 0.05) is 31.7 Å². The van der Waals surface area contributed by atoms with E-state index in [-0.39, 0.29) is 17.9 Å². The zero-order valence-corrected chi connectivity index (χ0v) is 19.4. The number of carboxylic acids is 1. The lowest BCUT2D eigenvalue weighted by molar-refractivity contribution is -0.192. The smallest absolute Gasteiger partial charge is 0.475 e. The zero-order chi connectivity index (χ0) is 24.6. The van der Waals surface area contributed by atoms with Crippen molar-refractivity contribution in [2.24, 2.45) is 17.6 Å². The molecule has 0 bridgehead atoms. The van der Waals surface area contributed by atoms with Crippen molar-refractivity contribution in [3.05, 3.63) is 11.9 Å². The van der Waals surface area contributed by atoms with Gasteiger partial charge in [-0.1, -0.05) is 44.7 Å². The summed E-state index contributed by atoms with van der Waals surface area (Å²) >= 11 is 0. The Hall–Kier alpha value is -2.17. The van der Waals surface area contributed by atoms with Gasteiger partial charge in [-0.25, -0.2) is 4.79 Å². The predicted octanol–water partition coefficient (Wildman–Crippen LogP) is 3.57. The van der Waals surface area contributed by atoms with Crippen molar-refractivity contribution in [1.82, 2.24) is 19.9 Å². The van der Waals surface area contributed by atoms with E-state index in [0.29, 0.717) is 11.8 Å². The third-order valence-corrected chi connectivity index (χ3v) is 6.74. The van der Waals surface area contributed by atoms with Crippen molar-refractivity contribution in [2.75, 3.05) is 13.1 Å². The largest absolute Gasteiger partial charge is 0.490 e. The molecule has 2 fully saturated rings. The third-order valence-electron chi connectivity index (χ3n) is 6.74. The molecule has 0 aromatic carbocycles. The van der Waals surface area contributed by atoms with Gasteiger partial charge in [0.2, 0.25) is 5.91 Å². The minimum absolute atomic E-state index is 0.123. The first-order chi connectivity index (χ1) is 15.5. The molecule has 1 aromatic heterocycles. The van der Waals surface area contributed by atoms with Crippen molar-refractivity contribution < 1.29 is 27.9 Å². The molecule has 33 heavy (non-hydrogen) atoms. The molecule has 1 aromatic rings. The second-order valence-electron chi connectivity index (χ2n) is 9.18. The molecule has 2 aliphatic rings. The lowest BCUT2D eigenvalue weighted by atomic mass is 9.87. The average molecular weight is 476 g/mol. The number of hydrogen-bond donors (Lipinski definition) is 2. The minimum Gasteiger partial charge on any atom is -0.475 e. The molecule has 0 spiro atoms. The molecule has 188 valence electrons. The number of carbonyl (C=O) groups excluding carboxylic acids is 1. The molecule has 3 rings (SSSR count). The summed E-state index contributed by atoms with van der Waals surface area (Å²) in [7, 11) is 0. The van der Waals surface area contributed by atoms with Gasteiger partial charge in [0.1, 0.15) is 0 Å². The number of halogens is 3. The summed E-state index contributed by atoms with van der Waals surface area (Å²) in [6.07, 6.45) is 6.60. The number of piperidine rings is 1. The van der Waals surface area contributed by atoms with Gasteiger partial charge in [0.25, 0.3) is 0 Å². The van der Waals surface area contributed by atoms with Gasteiger partial charge in [0.05, 0.1) is 11.7 Å². The van der Waals surface area contributed by atoms with E-state index in [4.69, 9.17) is 15.6 Å². The van der Waals surface area contributed by atoms with Crippen LogP contribution in [0.2, 0.25) is 0 Å². The number of likely N-dealkylation sites (tertiary alicyclic amines) is 1. The van der Waals surface area contributed by atoms with E-state index in [9.17, 15) is 18.0 Å². The Morgan fingerprint density at radius 2 is 1.76 bits per heavy atom. The van der Waals surface area contributed by atoms with Gasteiger partial charge in [-0.15, -0.1) is 5.10 Å². The van der Waals surface area contributed by atoms with Crippen LogP contribution in [0.3, 0.4) is 0 Å². The summed E-state index contributed by atoms with van der Waals surface area (Å²) in [6.45, 7) is 6.70. The first-order valence-corrected chi connectivity index (χ1v) is 11.8. The highest BCUT2D eigenvalue weighted by atomic mass is 19.4. The van der Waals surface area contributed by atoms with Gasteiger partial charge in [0.15, 0.2) is 0 Å². The van der Waals surface area contributed by atoms with Crippen LogP contribution in [0.4, 0.5) is 13.2 Å². The maximum atomic E-state index is 12.5. The number of nitrogens with zero attached hydrogens (tertiary/aromatic N) is 4. The maximum absolute atomic E-state index is 12.5. The molecule has 1 saturated heterocycles. The lowest BCUT2D eigenvalue weighted by Crippen LogP contribution is -2.49. The average Bonchev–Trinajstić information content (AvgIpc) is 3.27. The topological polar surface area (TPSA) is 114 Å². The SMILES string of the molecule is CC[C@H](C)[C@H](N)C(=O)N1CCC(Cn2cc(C3CCCCC3)nn2)CC1.O=C(O)C(F)(F)F. The first-order valence-electron chi connectivity index (χ1n) is 11.8. The number of carboxylic acid groups (broad SMARTS) is 1. The monoisotopic (exact) mass is 475 g/mol. The predicted molar refractivity (Wildman–Crippen MR) is 116 cm³/mol. The molecule has 1 saturated carbocycles. The van der Waals surface area contributed by atoms with Crippen LogP contribution in [0, 0.1) is 11.8 Å². The third kappa shape index (κ3) is 8.28. The Morgan fingerprint density at radius 3 is 2.27 bits per heavy atom. The van der Waals surface area contributed by atoms with Gasteiger partial charge < -0.3 is 15.7 Å². The Morgan fingerprint density at radius 1 is 1.18 bits per heavy atom. The molecule has 1 amide bonds. The fraction of sp³-hybridized carbons (Fsp3) is 0.818. The summed E-state index contributed by atoms with van der Waals surface area (Å²) in [6, 6.07) is -0.357. The highest BCUT2D eigenvalue weighted by molar-refractivity contribution is 5.82. The van der Waals surface area contributed by atoms with Gasteiger partial charge in [-0.3, -0.25) is 9.48 Å². The van der Waals surface area contributed by atoms with Crippen LogP contribution in [0.25, 0.3) is 0 Å². The number of aliphatic carboxylic acids is 1. The fourth-order valence-electron chi connectivity index (χ4n) is 4.30. The number of nitrogens with two attached hydrogens (primary N) is 1. The van der Waals surface area contributed by atoms with E-state index in [2.05, 4.69) is 30.4 Å². The number of amides is 1. The first kappa shape index (κ1) is 27.1. The number of hydrogen-bond acceptors (Lipinski definition) is 5. The molecule has 1 aliphatic heterocycles.